The zero-order valence-corrected chi connectivity index (χ0v) is 13.4. The van der Waals surface area contributed by atoms with Gasteiger partial charge in [0.2, 0.25) is 11.8 Å². The molecule has 2 atom stereocenters. The number of carbonyl (C=O) groups excluding carboxylic acids is 3. The van der Waals surface area contributed by atoms with Crippen molar-refractivity contribution in [1.82, 2.24) is 10.2 Å². The van der Waals surface area contributed by atoms with Gasteiger partial charge in [0.1, 0.15) is 5.75 Å². The Morgan fingerprint density at radius 2 is 1.96 bits per heavy atom. The molecule has 132 valence electrons. The Hall–Kier alpha value is -3.23. The molecule has 4 amide bonds. The van der Waals surface area contributed by atoms with E-state index in [1.807, 2.05) is 5.32 Å². The van der Waals surface area contributed by atoms with Crippen LogP contribution in [0.4, 0.5) is 4.79 Å². The third kappa shape index (κ3) is 4.19. The number of nitrogens with zero attached hydrogens (tertiary/aromatic N) is 2. The summed E-state index contributed by atoms with van der Waals surface area (Å²) in [5, 5.41) is 20.5. The van der Waals surface area contributed by atoms with Crippen LogP contribution < -0.4 is 5.32 Å². The van der Waals surface area contributed by atoms with E-state index in [1.54, 1.807) is 19.1 Å². The van der Waals surface area contributed by atoms with E-state index in [1.165, 1.54) is 12.1 Å². The van der Waals surface area contributed by atoms with Gasteiger partial charge in [-0.1, -0.05) is 12.1 Å². The third-order valence-corrected chi connectivity index (χ3v) is 3.67. The van der Waals surface area contributed by atoms with Gasteiger partial charge in [0.25, 0.3) is 0 Å². The number of urea groups is 1. The Bertz CT molecular complexity index is 728. The highest BCUT2D eigenvalue weighted by Crippen LogP contribution is 2.14. The van der Waals surface area contributed by atoms with Crippen LogP contribution in [0.15, 0.2) is 29.3 Å². The maximum absolute atomic E-state index is 12.1. The van der Waals surface area contributed by atoms with Gasteiger partial charge in [0.15, 0.2) is 12.0 Å². The average molecular weight is 347 g/mol. The number of phenolic OH excluding ortho intramolecular Hbond substituents is 1. The minimum Gasteiger partial charge on any atom is -0.508 e. The summed E-state index contributed by atoms with van der Waals surface area (Å²) in [6.07, 6.45) is 0.983. The summed E-state index contributed by atoms with van der Waals surface area (Å²) >= 11 is 0. The van der Waals surface area contributed by atoms with Crippen LogP contribution >= 0.6 is 0 Å². The summed E-state index contributed by atoms with van der Waals surface area (Å²) in [5.41, 5.74) is 0.618. The molecular formula is C16H17N3O6. The highest BCUT2D eigenvalue weighted by molar-refractivity contribution is 6.23. The molecule has 1 aliphatic heterocycles. The molecule has 0 saturated carbocycles. The largest absolute Gasteiger partial charge is 0.508 e. The van der Waals surface area contributed by atoms with Crippen LogP contribution in [0.25, 0.3) is 0 Å². The smallest absolute Gasteiger partial charge is 0.330 e. The van der Waals surface area contributed by atoms with Gasteiger partial charge in [-0.25, -0.2) is 9.59 Å². The molecule has 0 aromatic heterocycles. The third-order valence-electron chi connectivity index (χ3n) is 3.67. The number of amides is 4. The molecule has 0 spiro atoms. The fourth-order valence-corrected chi connectivity index (χ4v) is 2.31. The number of carboxylic acids is 1. The number of benzene rings is 1. The van der Waals surface area contributed by atoms with Crippen LogP contribution in [-0.4, -0.2) is 57.7 Å². The van der Waals surface area contributed by atoms with Crippen molar-refractivity contribution in [3.8, 4) is 5.75 Å². The summed E-state index contributed by atoms with van der Waals surface area (Å²) in [4.78, 5) is 51.5. The van der Waals surface area contributed by atoms with Gasteiger partial charge in [-0.15, -0.1) is 0 Å². The maximum Gasteiger partial charge on any atom is 0.330 e. The highest BCUT2D eigenvalue weighted by atomic mass is 16.4. The number of nitrogens with one attached hydrogen (secondary N) is 1. The van der Waals surface area contributed by atoms with Crippen molar-refractivity contribution in [3.05, 3.63) is 29.8 Å². The molecule has 0 unspecified atom stereocenters. The first kappa shape index (κ1) is 18.1. The van der Waals surface area contributed by atoms with E-state index in [0.29, 0.717) is 5.56 Å². The van der Waals surface area contributed by atoms with Crippen LogP contribution in [-0.2, 0) is 20.8 Å². The number of phenols is 1. The van der Waals surface area contributed by atoms with E-state index in [2.05, 4.69) is 4.99 Å². The van der Waals surface area contributed by atoms with Gasteiger partial charge < -0.3 is 10.2 Å². The lowest BCUT2D eigenvalue weighted by Gasteiger charge is -2.27. The fourth-order valence-electron chi connectivity index (χ4n) is 2.31. The lowest BCUT2D eigenvalue weighted by Crippen LogP contribution is -2.58. The summed E-state index contributed by atoms with van der Waals surface area (Å²) in [6.45, 7) is 1.66. The first-order chi connectivity index (χ1) is 11.8. The van der Waals surface area contributed by atoms with Crippen molar-refractivity contribution in [3.63, 3.8) is 0 Å². The number of hydrogen-bond donors (Lipinski definition) is 3. The lowest BCUT2D eigenvalue weighted by atomic mass is 10.0. The normalized spacial score (nSPS) is 19.2. The second-order valence-electron chi connectivity index (χ2n) is 5.38. The molecule has 3 N–H and O–H groups in total. The summed E-state index contributed by atoms with van der Waals surface area (Å²) in [7, 11) is 0. The second kappa shape index (κ2) is 7.56. The lowest BCUT2D eigenvalue weighted by molar-refractivity contribution is -0.140. The zero-order chi connectivity index (χ0) is 18.6. The van der Waals surface area contributed by atoms with Crippen LogP contribution in [0.2, 0.25) is 0 Å². The van der Waals surface area contributed by atoms with Crippen molar-refractivity contribution < 1.29 is 29.4 Å². The number of barbiturate groups is 1. The number of carbonyl (C=O) groups is 4. The first-order valence-electron chi connectivity index (χ1n) is 7.53. The van der Waals surface area contributed by atoms with Gasteiger partial charge in [-0.2, -0.15) is 0 Å². The number of imide groups is 2. The predicted molar refractivity (Wildman–Crippen MR) is 86.1 cm³/mol. The standard InChI is InChI=1S/C16H17N3O6/c1-2-19-14(22)11(13(21)18-16(19)25)8-17-12(15(23)24)7-9-3-5-10(20)6-4-9/h3-6,8,11-12,20H,2,7H2,1H3,(H,23,24)(H,18,21,25)/t11-,12+/m0/s1. The van der Waals surface area contributed by atoms with E-state index < -0.39 is 35.8 Å². The van der Waals surface area contributed by atoms with Crippen molar-refractivity contribution >= 4 is 30.0 Å². The molecule has 0 radical (unpaired) electrons. The van der Waals surface area contributed by atoms with Crippen LogP contribution in [0.1, 0.15) is 12.5 Å². The quantitative estimate of drug-likeness (QED) is 0.496. The topological polar surface area (TPSA) is 136 Å². The van der Waals surface area contributed by atoms with E-state index in [9.17, 15) is 29.4 Å². The Balaban J connectivity index is 2.16. The maximum atomic E-state index is 12.1. The van der Waals surface area contributed by atoms with E-state index in [0.717, 1.165) is 11.1 Å². The van der Waals surface area contributed by atoms with Gasteiger partial charge >= 0.3 is 12.0 Å². The molecule has 0 aliphatic carbocycles. The van der Waals surface area contributed by atoms with Gasteiger partial charge in [0.05, 0.1) is 0 Å². The molecule has 9 nitrogen and oxygen atoms in total. The molecule has 0 bridgehead atoms. The predicted octanol–water partition coefficient (Wildman–Crippen LogP) is 0.173. The minimum atomic E-state index is -1.35. The second-order valence-corrected chi connectivity index (χ2v) is 5.38. The number of rotatable bonds is 6. The Morgan fingerprint density at radius 3 is 2.52 bits per heavy atom. The molecule has 9 heteroatoms. The summed E-state index contributed by atoms with van der Waals surface area (Å²) in [6, 6.07) is 3.92. The summed E-state index contributed by atoms with van der Waals surface area (Å²) < 4.78 is 0. The first-order valence-corrected chi connectivity index (χ1v) is 7.53. The zero-order valence-electron chi connectivity index (χ0n) is 13.4. The molecule has 1 saturated heterocycles. The highest BCUT2D eigenvalue weighted by Gasteiger charge is 2.38. The average Bonchev–Trinajstić information content (AvgIpc) is 2.55. The van der Waals surface area contributed by atoms with Crippen molar-refractivity contribution in [1.29, 1.82) is 0 Å². The Labute approximate surface area is 143 Å². The number of aromatic hydroxyl groups is 1. The molecule has 1 aromatic carbocycles. The van der Waals surface area contributed by atoms with E-state index in [-0.39, 0.29) is 18.7 Å². The van der Waals surface area contributed by atoms with Gasteiger partial charge in [-0.05, 0) is 24.6 Å². The molecule has 1 fully saturated rings. The summed E-state index contributed by atoms with van der Waals surface area (Å²) in [5.74, 6) is -4.10. The SMILES string of the molecule is CCN1C(=O)NC(=O)[C@H](C=N[C@H](Cc2ccc(O)cc2)C(=O)O)C1=O. The minimum absolute atomic E-state index is 0.0189. The van der Waals surface area contributed by atoms with Crippen LogP contribution in [0.5, 0.6) is 5.75 Å². The number of carboxylic acid groups (broad SMARTS) is 1. The van der Waals surface area contributed by atoms with Gasteiger partial charge in [-0.3, -0.25) is 24.8 Å². The van der Waals surface area contributed by atoms with Crippen LogP contribution in [0, 0.1) is 5.92 Å². The number of hydrogen-bond acceptors (Lipinski definition) is 6. The van der Waals surface area contributed by atoms with E-state index >= 15 is 0 Å². The van der Waals surface area contributed by atoms with Gasteiger partial charge in [0, 0.05) is 19.2 Å². The molecule has 2 rings (SSSR count). The van der Waals surface area contributed by atoms with Crippen molar-refractivity contribution in [2.24, 2.45) is 10.9 Å². The number of aliphatic imine (C=N–C) groups is 1. The number of aliphatic carboxylic acids is 1. The van der Waals surface area contributed by atoms with E-state index in [4.69, 9.17) is 0 Å². The van der Waals surface area contributed by atoms with Crippen LogP contribution in [0.3, 0.4) is 0 Å². The molecule has 25 heavy (non-hydrogen) atoms. The molecular weight excluding hydrogens is 330 g/mol. The van der Waals surface area contributed by atoms with Crippen molar-refractivity contribution in [2.45, 2.75) is 19.4 Å². The van der Waals surface area contributed by atoms with Crippen molar-refractivity contribution in [2.75, 3.05) is 6.54 Å². The fraction of sp³-hybridized carbons (Fsp3) is 0.312. The Morgan fingerprint density at radius 1 is 1.32 bits per heavy atom. The monoisotopic (exact) mass is 347 g/mol. The molecule has 1 heterocycles. The molecule has 1 aliphatic rings. The molecule has 1 aromatic rings. The Kier molecular flexibility index (Phi) is 5.48.